The summed E-state index contributed by atoms with van der Waals surface area (Å²) in [6.07, 6.45) is 3.77. The number of carbonyl (C=O) groups is 1. The summed E-state index contributed by atoms with van der Waals surface area (Å²) in [6, 6.07) is -0.165. The van der Waals surface area contributed by atoms with Crippen molar-refractivity contribution < 1.29 is 9.90 Å². The van der Waals surface area contributed by atoms with E-state index in [0.29, 0.717) is 12.3 Å². The SMILES string of the molecule is CC(C)C(N)CC(=O)N[C@H]1CCCC[C@@H]1O. The van der Waals surface area contributed by atoms with Gasteiger partial charge >= 0.3 is 0 Å². The van der Waals surface area contributed by atoms with E-state index >= 15 is 0 Å². The Hall–Kier alpha value is -0.610. The molecule has 1 saturated carbocycles. The first kappa shape index (κ1) is 13.5. The van der Waals surface area contributed by atoms with Gasteiger partial charge in [-0.15, -0.1) is 0 Å². The normalized spacial score (nSPS) is 27.8. The van der Waals surface area contributed by atoms with E-state index in [2.05, 4.69) is 5.32 Å². The van der Waals surface area contributed by atoms with Crippen molar-refractivity contribution in [3.63, 3.8) is 0 Å². The zero-order valence-corrected chi connectivity index (χ0v) is 10.3. The van der Waals surface area contributed by atoms with Crippen molar-refractivity contribution in [1.29, 1.82) is 0 Å². The molecule has 16 heavy (non-hydrogen) atoms. The topological polar surface area (TPSA) is 75.4 Å². The average Bonchev–Trinajstić information content (AvgIpc) is 2.21. The summed E-state index contributed by atoms with van der Waals surface area (Å²) in [6.45, 7) is 4.01. The smallest absolute Gasteiger partial charge is 0.221 e. The number of nitrogens with two attached hydrogens (primary N) is 1. The van der Waals surface area contributed by atoms with Gasteiger partial charge in [0.1, 0.15) is 0 Å². The molecular formula is C12H24N2O2. The molecule has 0 saturated heterocycles. The van der Waals surface area contributed by atoms with E-state index in [-0.39, 0.29) is 24.1 Å². The first-order valence-corrected chi connectivity index (χ1v) is 6.23. The number of carbonyl (C=O) groups excluding carboxylic acids is 1. The lowest BCUT2D eigenvalue weighted by Gasteiger charge is -2.29. The minimum atomic E-state index is -0.382. The van der Waals surface area contributed by atoms with Gasteiger partial charge in [-0.25, -0.2) is 0 Å². The van der Waals surface area contributed by atoms with Crippen molar-refractivity contribution in [1.82, 2.24) is 5.32 Å². The summed E-state index contributed by atoms with van der Waals surface area (Å²) < 4.78 is 0. The van der Waals surface area contributed by atoms with Gasteiger partial charge < -0.3 is 16.2 Å². The summed E-state index contributed by atoms with van der Waals surface area (Å²) >= 11 is 0. The van der Waals surface area contributed by atoms with Gasteiger partial charge in [0.05, 0.1) is 12.1 Å². The Morgan fingerprint density at radius 3 is 2.62 bits per heavy atom. The minimum Gasteiger partial charge on any atom is -0.391 e. The van der Waals surface area contributed by atoms with Crippen LogP contribution in [0.2, 0.25) is 0 Å². The highest BCUT2D eigenvalue weighted by Crippen LogP contribution is 2.18. The zero-order chi connectivity index (χ0) is 12.1. The van der Waals surface area contributed by atoms with E-state index in [9.17, 15) is 9.90 Å². The number of nitrogens with one attached hydrogen (secondary N) is 1. The van der Waals surface area contributed by atoms with Gasteiger partial charge in [-0.05, 0) is 18.8 Å². The van der Waals surface area contributed by atoms with Crippen LogP contribution in [0, 0.1) is 5.92 Å². The fourth-order valence-electron chi connectivity index (χ4n) is 2.00. The van der Waals surface area contributed by atoms with Gasteiger partial charge in [0, 0.05) is 12.5 Å². The van der Waals surface area contributed by atoms with Gasteiger partial charge in [-0.1, -0.05) is 26.7 Å². The molecule has 0 aromatic rings. The Bertz CT molecular complexity index is 231. The maximum absolute atomic E-state index is 11.7. The molecule has 0 aromatic carbocycles. The Morgan fingerprint density at radius 1 is 1.44 bits per heavy atom. The average molecular weight is 228 g/mol. The molecule has 94 valence electrons. The van der Waals surface area contributed by atoms with E-state index in [1.54, 1.807) is 0 Å². The third-order valence-corrected chi connectivity index (χ3v) is 3.35. The van der Waals surface area contributed by atoms with Gasteiger partial charge in [0.15, 0.2) is 0 Å². The molecular weight excluding hydrogens is 204 g/mol. The van der Waals surface area contributed by atoms with Gasteiger partial charge in [0.2, 0.25) is 5.91 Å². The van der Waals surface area contributed by atoms with Gasteiger partial charge in [-0.3, -0.25) is 4.79 Å². The van der Waals surface area contributed by atoms with Crippen LogP contribution >= 0.6 is 0 Å². The molecule has 0 aliphatic heterocycles. The van der Waals surface area contributed by atoms with Crippen LogP contribution in [0.5, 0.6) is 0 Å². The highest BCUT2D eigenvalue weighted by Gasteiger charge is 2.25. The van der Waals surface area contributed by atoms with Gasteiger partial charge in [0.25, 0.3) is 0 Å². The number of hydrogen-bond donors (Lipinski definition) is 3. The number of amides is 1. The van der Waals surface area contributed by atoms with E-state index in [0.717, 1.165) is 25.7 Å². The molecule has 4 heteroatoms. The first-order valence-electron chi connectivity index (χ1n) is 6.23. The molecule has 1 rings (SSSR count). The summed E-state index contributed by atoms with van der Waals surface area (Å²) in [4.78, 5) is 11.7. The summed E-state index contributed by atoms with van der Waals surface area (Å²) in [7, 11) is 0. The molecule has 0 bridgehead atoms. The monoisotopic (exact) mass is 228 g/mol. The lowest BCUT2D eigenvalue weighted by atomic mass is 9.92. The maximum atomic E-state index is 11.7. The summed E-state index contributed by atoms with van der Waals surface area (Å²) in [5.74, 6) is 0.272. The Balaban J connectivity index is 2.32. The van der Waals surface area contributed by atoms with Gasteiger partial charge in [-0.2, -0.15) is 0 Å². The summed E-state index contributed by atoms with van der Waals surface area (Å²) in [5.41, 5.74) is 5.83. The molecule has 0 spiro atoms. The lowest BCUT2D eigenvalue weighted by Crippen LogP contribution is -2.46. The van der Waals surface area contributed by atoms with Crippen LogP contribution in [-0.4, -0.2) is 29.2 Å². The molecule has 0 radical (unpaired) electrons. The molecule has 3 atom stereocenters. The van der Waals surface area contributed by atoms with E-state index in [4.69, 9.17) is 5.73 Å². The predicted octanol–water partition coefficient (Wildman–Crippen LogP) is 0.779. The quantitative estimate of drug-likeness (QED) is 0.665. The molecule has 1 amide bonds. The molecule has 1 aliphatic rings. The fourth-order valence-corrected chi connectivity index (χ4v) is 2.00. The maximum Gasteiger partial charge on any atom is 0.221 e. The highest BCUT2D eigenvalue weighted by atomic mass is 16.3. The number of aliphatic hydroxyl groups is 1. The summed E-state index contributed by atoms with van der Waals surface area (Å²) in [5, 5.41) is 12.6. The lowest BCUT2D eigenvalue weighted by molar-refractivity contribution is -0.123. The van der Waals surface area contributed by atoms with Crippen LogP contribution in [0.25, 0.3) is 0 Å². The van der Waals surface area contributed by atoms with Crippen LogP contribution in [-0.2, 0) is 4.79 Å². The Labute approximate surface area is 97.6 Å². The van der Waals surface area contributed by atoms with Crippen LogP contribution in [0.4, 0.5) is 0 Å². The van der Waals surface area contributed by atoms with Crippen molar-refractivity contribution in [2.24, 2.45) is 11.7 Å². The first-order chi connectivity index (χ1) is 7.50. The Morgan fingerprint density at radius 2 is 2.06 bits per heavy atom. The van der Waals surface area contributed by atoms with Crippen molar-refractivity contribution in [3.8, 4) is 0 Å². The molecule has 1 fully saturated rings. The van der Waals surface area contributed by atoms with Crippen molar-refractivity contribution in [2.45, 2.75) is 64.1 Å². The zero-order valence-electron chi connectivity index (χ0n) is 10.3. The molecule has 4 nitrogen and oxygen atoms in total. The number of rotatable bonds is 4. The second kappa shape index (κ2) is 6.21. The van der Waals surface area contributed by atoms with E-state index in [1.165, 1.54) is 0 Å². The van der Waals surface area contributed by atoms with Crippen LogP contribution in [0.1, 0.15) is 46.0 Å². The van der Waals surface area contributed by atoms with Crippen molar-refractivity contribution in [2.75, 3.05) is 0 Å². The fraction of sp³-hybridized carbons (Fsp3) is 0.917. The molecule has 0 aromatic heterocycles. The van der Waals surface area contributed by atoms with E-state index < -0.39 is 0 Å². The third-order valence-electron chi connectivity index (χ3n) is 3.35. The highest BCUT2D eigenvalue weighted by molar-refractivity contribution is 5.77. The molecule has 0 heterocycles. The van der Waals surface area contributed by atoms with Crippen LogP contribution < -0.4 is 11.1 Å². The minimum absolute atomic E-state index is 0.0350. The van der Waals surface area contributed by atoms with Crippen molar-refractivity contribution >= 4 is 5.91 Å². The number of aliphatic hydroxyl groups excluding tert-OH is 1. The second-order valence-corrected chi connectivity index (χ2v) is 5.14. The molecule has 1 unspecified atom stereocenters. The van der Waals surface area contributed by atoms with E-state index in [1.807, 2.05) is 13.8 Å². The second-order valence-electron chi connectivity index (χ2n) is 5.14. The van der Waals surface area contributed by atoms with Crippen LogP contribution in [0.3, 0.4) is 0 Å². The Kier molecular flexibility index (Phi) is 5.22. The number of hydrogen-bond acceptors (Lipinski definition) is 3. The molecule has 4 N–H and O–H groups in total. The van der Waals surface area contributed by atoms with Crippen LogP contribution in [0.15, 0.2) is 0 Å². The standard InChI is InChI=1S/C12H24N2O2/c1-8(2)9(13)7-12(16)14-10-5-3-4-6-11(10)15/h8-11,15H,3-7,13H2,1-2H3,(H,14,16)/t9?,10-,11-/m0/s1. The molecule has 1 aliphatic carbocycles. The van der Waals surface area contributed by atoms with Crippen molar-refractivity contribution in [3.05, 3.63) is 0 Å². The largest absolute Gasteiger partial charge is 0.391 e. The third kappa shape index (κ3) is 4.10. The predicted molar refractivity (Wildman–Crippen MR) is 63.8 cm³/mol.